The third-order valence-electron chi connectivity index (χ3n) is 5.23. The standard InChI is InChI=1S/C22H48N2O3.C2H4O2/c1-5-9-13-19(17-21(23,25)15-11-7-3)27-20(14-10-6-2)18-22(24,26)16-12-8-4;1-2(3)4/h19-20,25-26H,5-18,23-24H2,1-4H3;1H3,(H,3,4). The van der Waals surface area contributed by atoms with Gasteiger partial charge in [-0.15, -0.1) is 0 Å². The molecule has 7 heteroatoms. The fraction of sp³-hybridized carbons (Fsp3) is 0.958. The number of hydrogen-bond donors (Lipinski definition) is 5. The van der Waals surface area contributed by atoms with Gasteiger partial charge in [0.2, 0.25) is 0 Å². The van der Waals surface area contributed by atoms with Crippen LogP contribution in [-0.2, 0) is 9.53 Å². The monoisotopic (exact) mass is 448 g/mol. The Hall–Kier alpha value is -0.730. The van der Waals surface area contributed by atoms with Gasteiger partial charge in [0.05, 0.1) is 12.2 Å². The number of ether oxygens (including phenoxy) is 1. The van der Waals surface area contributed by atoms with Crippen molar-refractivity contribution in [3.8, 4) is 0 Å². The van der Waals surface area contributed by atoms with Crippen molar-refractivity contribution in [3.63, 3.8) is 0 Å². The number of aliphatic carboxylic acids is 1. The fourth-order valence-corrected chi connectivity index (χ4v) is 3.53. The maximum Gasteiger partial charge on any atom is 0.300 e. The van der Waals surface area contributed by atoms with Gasteiger partial charge in [-0.25, -0.2) is 0 Å². The molecule has 0 rings (SSSR count). The molecule has 0 aromatic heterocycles. The second kappa shape index (κ2) is 18.8. The molecule has 0 fully saturated rings. The van der Waals surface area contributed by atoms with Gasteiger partial charge in [0.1, 0.15) is 11.4 Å². The van der Waals surface area contributed by atoms with Crippen LogP contribution in [0.1, 0.15) is 125 Å². The van der Waals surface area contributed by atoms with Gasteiger partial charge >= 0.3 is 0 Å². The van der Waals surface area contributed by atoms with Crippen LogP contribution in [0.3, 0.4) is 0 Å². The summed E-state index contributed by atoms with van der Waals surface area (Å²) in [7, 11) is 0. The lowest BCUT2D eigenvalue weighted by Gasteiger charge is -2.34. The summed E-state index contributed by atoms with van der Waals surface area (Å²) in [6.07, 6.45) is 11.7. The average Bonchev–Trinajstić information content (AvgIpc) is 2.66. The molecule has 0 saturated carbocycles. The van der Waals surface area contributed by atoms with Crippen molar-refractivity contribution in [1.82, 2.24) is 0 Å². The second-order valence-corrected chi connectivity index (χ2v) is 9.01. The van der Waals surface area contributed by atoms with E-state index in [2.05, 4.69) is 27.7 Å². The first kappa shape index (κ1) is 32.4. The first-order chi connectivity index (χ1) is 14.4. The zero-order valence-electron chi connectivity index (χ0n) is 20.9. The number of rotatable bonds is 18. The Bertz CT molecular complexity index is 394. The van der Waals surface area contributed by atoms with E-state index < -0.39 is 17.4 Å². The molecule has 0 saturated heterocycles. The van der Waals surface area contributed by atoms with Crippen LogP contribution >= 0.6 is 0 Å². The number of carbonyl (C=O) groups is 1. The molecule has 7 N–H and O–H groups in total. The van der Waals surface area contributed by atoms with Gasteiger partial charge in [-0.3, -0.25) is 4.79 Å². The summed E-state index contributed by atoms with van der Waals surface area (Å²) in [4.78, 5) is 9.00. The minimum Gasteiger partial charge on any atom is -0.481 e. The summed E-state index contributed by atoms with van der Waals surface area (Å²) in [5, 5.41) is 28.6. The molecule has 31 heavy (non-hydrogen) atoms. The van der Waals surface area contributed by atoms with Gasteiger partial charge in [0.15, 0.2) is 0 Å². The summed E-state index contributed by atoms with van der Waals surface area (Å²) >= 11 is 0. The number of unbranched alkanes of at least 4 members (excludes halogenated alkanes) is 4. The predicted octanol–water partition coefficient (Wildman–Crippen LogP) is 4.67. The lowest BCUT2D eigenvalue weighted by Crippen LogP contribution is -2.46. The normalized spacial score (nSPS) is 17.1. The number of hydrogen-bond acceptors (Lipinski definition) is 6. The minimum atomic E-state index is -1.19. The molecule has 0 aliphatic carbocycles. The highest BCUT2D eigenvalue weighted by molar-refractivity contribution is 5.62. The van der Waals surface area contributed by atoms with Gasteiger partial charge in [0, 0.05) is 19.8 Å². The molecule has 0 radical (unpaired) electrons. The molecule has 7 nitrogen and oxygen atoms in total. The SMILES string of the molecule is CC(=O)O.CCCCC(CC(N)(O)CCCC)OC(CCCC)CC(N)(O)CCCC. The molecule has 0 amide bonds. The molecule has 4 unspecified atom stereocenters. The van der Waals surface area contributed by atoms with E-state index in [0.29, 0.717) is 25.7 Å². The van der Waals surface area contributed by atoms with E-state index in [9.17, 15) is 10.2 Å². The lowest BCUT2D eigenvalue weighted by atomic mass is 9.94. The predicted molar refractivity (Wildman–Crippen MR) is 128 cm³/mol. The van der Waals surface area contributed by atoms with E-state index in [1.807, 2.05) is 0 Å². The first-order valence-corrected chi connectivity index (χ1v) is 12.3. The second-order valence-electron chi connectivity index (χ2n) is 9.01. The molecule has 0 bridgehead atoms. The molecule has 0 heterocycles. The van der Waals surface area contributed by atoms with Gasteiger partial charge in [-0.1, -0.05) is 66.2 Å². The van der Waals surface area contributed by atoms with Gasteiger partial charge in [-0.05, 0) is 38.5 Å². The maximum atomic E-state index is 10.6. The zero-order chi connectivity index (χ0) is 24.3. The van der Waals surface area contributed by atoms with Crippen LogP contribution in [0.4, 0.5) is 0 Å². The van der Waals surface area contributed by atoms with E-state index in [0.717, 1.165) is 71.1 Å². The zero-order valence-corrected chi connectivity index (χ0v) is 20.9. The van der Waals surface area contributed by atoms with Crippen LogP contribution in [0.2, 0.25) is 0 Å². The van der Waals surface area contributed by atoms with Gasteiger partial charge < -0.3 is 31.5 Å². The van der Waals surface area contributed by atoms with Crippen molar-refractivity contribution in [1.29, 1.82) is 0 Å². The molecular weight excluding hydrogens is 396 g/mol. The summed E-state index contributed by atoms with van der Waals surface area (Å²) < 4.78 is 6.41. The summed E-state index contributed by atoms with van der Waals surface area (Å²) in [5.41, 5.74) is 9.91. The molecular formula is C24H52N2O5. The van der Waals surface area contributed by atoms with E-state index in [-0.39, 0.29) is 12.2 Å². The molecule has 0 aliphatic heterocycles. The van der Waals surface area contributed by atoms with Crippen molar-refractivity contribution in [2.75, 3.05) is 0 Å². The largest absolute Gasteiger partial charge is 0.481 e. The Morgan fingerprint density at radius 1 is 0.774 bits per heavy atom. The van der Waals surface area contributed by atoms with E-state index in [1.165, 1.54) is 0 Å². The third kappa shape index (κ3) is 22.3. The average molecular weight is 449 g/mol. The Morgan fingerprint density at radius 3 is 1.32 bits per heavy atom. The van der Waals surface area contributed by atoms with Crippen LogP contribution in [0, 0.1) is 0 Å². The van der Waals surface area contributed by atoms with Crippen molar-refractivity contribution >= 4 is 5.97 Å². The van der Waals surface area contributed by atoms with Crippen LogP contribution in [0.25, 0.3) is 0 Å². The fourth-order valence-electron chi connectivity index (χ4n) is 3.53. The van der Waals surface area contributed by atoms with Gasteiger partial charge in [-0.2, -0.15) is 0 Å². The molecule has 0 aliphatic rings. The smallest absolute Gasteiger partial charge is 0.300 e. The minimum absolute atomic E-state index is 0.0966. The highest BCUT2D eigenvalue weighted by Gasteiger charge is 2.31. The van der Waals surface area contributed by atoms with E-state index >= 15 is 0 Å². The molecule has 4 atom stereocenters. The molecule has 0 spiro atoms. The van der Waals surface area contributed by atoms with Crippen molar-refractivity contribution in [2.24, 2.45) is 11.5 Å². The Morgan fingerprint density at radius 2 is 1.06 bits per heavy atom. The van der Waals surface area contributed by atoms with Crippen LogP contribution in [-0.4, -0.2) is 44.9 Å². The maximum absolute atomic E-state index is 10.6. The van der Waals surface area contributed by atoms with Gasteiger partial charge in [0.25, 0.3) is 5.97 Å². The Labute approximate surface area is 190 Å². The number of carboxylic acid groups (broad SMARTS) is 1. The van der Waals surface area contributed by atoms with Crippen LogP contribution < -0.4 is 11.5 Å². The summed E-state index contributed by atoms with van der Waals surface area (Å²) in [6, 6.07) is 0. The Kier molecular flexibility index (Phi) is 19.7. The molecule has 188 valence electrons. The van der Waals surface area contributed by atoms with Crippen LogP contribution in [0.5, 0.6) is 0 Å². The van der Waals surface area contributed by atoms with Crippen molar-refractivity contribution in [2.45, 2.75) is 148 Å². The third-order valence-corrected chi connectivity index (χ3v) is 5.23. The quantitative estimate of drug-likeness (QED) is 0.192. The number of aliphatic hydroxyl groups is 2. The Balaban J connectivity index is 0. The van der Waals surface area contributed by atoms with Crippen molar-refractivity contribution in [3.05, 3.63) is 0 Å². The molecule has 0 aromatic rings. The van der Waals surface area contributed by atoms with Crippen LogP contribution in [0.15, 0.2) is 0 Å². The topological polar surface area (TPSA) is 139 Å². The number of carboxylic acids is 1. The summed E-state index contributed by atoms with van der Waals surface area (Å²) in [5.74, 6) is -0.833. The van der Waals surface area contributed by atoms with Crippen molar-refractivity contribution < 1.29 is 24.9 Å². The summed E-state index contributed by atoms with van der Waals surface area (Å²) in [6.45, 7) is 9.59. The van der Waals surface area contributed by atoms with E-state index in [1.54, 1.807) is 0 Å². The van der Waals surface area contributed by atoms with E-state index in [4.69, 9.17) is 26.1 Å². The highest BCUT2D eigenvalue weighted by Crippen LogP contribution is 2.26. The number of nitrogens with two attached hydrogens (primary N) is 2. The first-order valence-electron chi connectivity index (χ1n) is 12.3. The highest BCUT2D eigenvalue weighted by atomic mass is 16.5. The lowest BCUT2D eigenvalue weighted by molar-refractivity contribution is -0.134. The molecule has 0 aromatic carbocycles.